The lowest BCUT2D eigenvalue weighted by Crippen LogP contribution is -2.06. The van der Waals surface area contributed by atoms with Crippen LogP contribution < -0.4 is 0 Å². The highest BCUT2D eigenvalue weighted by molar-refractivity contribution is 7.10. The van der Waals surface area contributed by atoms with Crippen molar-refractivity contribution in [3.63, 3.8) is 0 Å². The van der Waals surface area contributed by atoms with Gasteiger partial charge < -0.3 is 0 Å². The molecule has 0 radical (unpaired) electrons. The van der Waals surface area contributed by atoms with Crippen LogP contribution in [0.2, 0.25) is 0 Å². The molecule has 0 saturated carbocycles. The Labute approximate surface area is 103 Å². The van der Waals surface area contributed by atoms with Crippen LogP contribution in [0.3, 0.4) is 0 Å². The maximum Gasteiger partial charge on any atom is 0.00800 e. The number of unbranched alkanes of at least 4 members (excludes halogenated alkanes) is 1. The van der Waals surface area contributed by atoms with Gasteiger partial charge in [0.15, 0.2) is 0 Å². The summed E-state index contributed by atoms with van der Waals surface area (Å²) in [4.78, 5) is 1.66. The van der Waals surface area contributed by atoms with Gasteiger partial charge in [0.2, 0.25) is 0 Å². The topological polar surface area (TPSA) is 0 Å². The smallest absolute Gasteiger partial charge is 0.00800 e. The van der Waals surface area contributed by atoms with Crippen LogP contribution in [0.4, 0.5) is 0 Å². The van der Waals surface area contributed by atoms with Crippen molar-refractivity contribution in [1.29, 1.82) is 0 Å². The Morgan fingerprint density at radius 2 is 2.38 bits per heavy atom. The molecule has 2 rings (SSSR count). The highest BCUT2D eigenvalue weighted by Gasteiger charge is 2.20. The molecule has 0 N–H and O–H groups in total. The fourth-order valence-corrected chi connectivity index (χ4v) is 3.71. The Morgan fingerprint density at radius 3 is 3.19 bits per heavy atom. The van der Waals surface area contributed by atoms with E-state index in [9.17, 15) is 0 Å². The second-order valence-corrected chi connectivity index (χ2v) is 6.09. The van der Waals surface area contributed by atoms with Gasteiger partial charge in [-0.3, -0.25) is 0 Å². The van der Waals surface area contributed by atoms with Crippen molar-refractivity contribution in [2.24, 2.45) is 0 Å². The maximum absolute atomic E-state index is 3.97. The Bertz CT molecular complexity index is 348. The largest absolute Gasteiger partial charge is 0.149 e. The van der Waals surface area contributed by atoms with Crippen LogP contribution in [0.1, 0.15) is 61.8 Å². The maximum atomic E-state index is 3.97. The van der Waals surface area contributed by atoms with Crippen molar-refractivity contribution in [3.8, 4) is 0 Å². The summed E-state index contributed by atoms with van der Waals surface area (Å²) in [6, 6.07) is 2.36. The standard InChI is InChI=1S/C15H22S/c1-12(2)6-3-4-7-13-8-5-9-15-14(13)10-11-16-15/h10-11,13H,1,3-9H2,2H3/t13-/m0/s1. The van der Waals surface area contributed by atoms with E-state index in [-0.39, 0.29) is 0 Å². The molecule has 1 heterocycles. The second-order valence-electron chi connectivity index (χ2n) is 5.09. The quantitative estimate of drug-likeness (QED) is 0.479. The lowest BCUT2D eigenvalue weighted by Gasteiger charge is -2.22. The van der Waals surface area contributed by atoms with Gasteiger partial charge in [-0.25, -0.2) is 0 Å². The van der Waals surface area contributed by atoms with E-state index in [1.807, 2.05) is 11.3 Å². The molecule has 16 heavy (non-hydrogen) atoms. The molecule has 1 atom stereocenters. The molecule has 0 bridgehead atoms. The zero-order chi connectivity index (χ0) is 11.4. The number of hydrogen-bond acceptors (Lipinski definition) is 1. The van der Waals surface area contributed by atoms with E-state index in [1.54, 1.807) is 10.4 Å². The molecule has 0 spiro atoms. The Balaban J connectivity index is 1.81. The lowest BCUT2D eigenvalue weighted by molar-refractivity contribution is 0.500. The predicted octanol–water partition coefficient (Wildman–Crippen LogP) is 5.30. The first-order chi connectivity index (χ1) is 7.77. The van der Waals surface area contributed by atoms with E-state index >= 15 is 0 Å². The highest BCUT2D eigenvalue weighted by atomic mass is 32.1. The van der Waals surface area contributed by atoms with Gasteiger partial charge in [-0.15, -0.1) is 17.9 Å². The Morgan fingerprint density at radius 1 is 1.50 bits per heavy atom. The summed E-state index contributed by atoms with van der Waals surface area (Å²) in [6.45, 7) is 6.11. The summed E-state index contributed by atoms with van der Waals surface area (Å²) in [7, 11) is 0. The summed E-state index contributed by atoms with van der Waals surface area (Å²) in [5, 5.41) is 2.27. The zero-order valence-corrected chi connectivity index (χ0v) is 11.1. The molecule has 0 amide bonds. The van der Waals surface area contributed by atoms with Crippen LogP contribution in [0.15, 0.2) is 23.6 Å². The van der Waals surface area contributed by atoms with E-state index in [1.165, 1.54) is 50.5 Å². The summed E-state index contributed by atoms with van der Waals surface area (Å²) in [6.07, 6.45) is 9.43. The molecule has 1 aliphatic carbocycles. The fourth-order valence-electron chi connectivity index (χ4n) is 2.70. The minimum absolute atomic E-state index is 0.861. The fraction of sp³-hybridized carbons (Fsp3) is 0.600. The molecule has 0 fully saturated rings. The van der Waals surface area contributed by atoms with E-state index in [0.29, 0.717) is 0 Å². The first-order valence-corrected chi connectivity index (χ1v) is 7.36. The third-order valence-corrected chi connectivity index (χ3v) is 4.58. The minimum Gasteiger partial charge on any atom is -0.149 e. The summed E-state index contributed by atoms with van der Waals surface area (Å²) in [5.74, 6) is 0.861. The zero-order valence-electron chi connectivity index (χ0n) is 10.3. The molecule has 1 aromatic rings. The number of thiophene rings is 1. The highest BCUT2D eigenvalue weighted by Crippen LogP contribution is 2.37. The number of rotatable bonds is 5. The van der Waals surface area contributed by atoms with Crippen molar-refractivity contribution < 1.29 is 0 Å². The molecule has 0 aromatic carbocycles. The molecular formula is C15H22S. The van der Waals surface area contributed by atoms with Crippen molar-refractivity contribution in [2.75, 3.05) is 0 Å². The van der Waals surface area contributed by atoms with E-state index in [2.05, 4.69) is 24.9 Å². The van der Waals surface area contributed by atoms with Crippen molar-refractivity contribution >= 4 is 11.3 Å². The monoisotopic (exact) mass is 234 g/mol. The molecule has 1 aromatic heterocycles. The first kappa shape index (κ1) is 11.9. The number of fused-ring (bicyclic) bond motifs is 1. The second kappa shape index (κ2) is 5.67. The van der Waals surface area contributed by atoms with Crippen LogP contribution in [0, 0.1) is 0 Å². The molecule has 0 aliphatic heterocycles. The van der Waals surface area contributed by atoms with Crippen molar-refractivity contribution in [3.05, 3.63) is 34.0 Å². The van der Waals surface area contributed by atoms with Gasteiger partial charge in [0.25, 0.3) is 0 Å². The Hall–Kier alpha value is -0.560. The molecule has 1 aliphatic rings. The van der Waals surface area contributed by atoms with Gasteiger partial charge in [-0.2, -0.15) is 0 Å². The first-order valence-electron chi connectivity index (χ1n) is 6.48. The molecular weight excluding hydrogens is 212 g/mol. The normalized spacial score (nSPS) is 19.4. The van der Waals surface area contributed by atoms with Gasteiger partial charge in [-0.05, 0) is 68.4 Å². The number of aryl methyl sites for hydroxylation is 1. The van der Waals surface area contributed by atoms with Crippen LogP contribution >= 0.6 is 11.3 Å². The van der Waals surface area contributed by atoms with Gasteiger partial charge in [0.05, 0.1) is 0 Å². The average Bonchev–Trinajstić information content (AvgIpc) is 2.72. The van der Waals surface area contributed by atoms with Crippen LogP contribution in [0.5, 0.6) is 0 Å². The third-order valence-electron chi connectivity index (χ3n) is 3.58. The van der Waals surface area contributed by atoms with Gasteiger partial charge in [0.1, 0.15) is 0 Å². The minimum atomic E-state index is 0.861. The molecule has 88 valence electrons. The van der Waals surface area contributed by atoms with E-state index < -0.39 is 0 Å². The van der Waals surface area contributed by atoms with Crippen LogP contribution in [-0.2, 0) is 6.42 Å². The summed E-state index contributed by atoms with van der Waals surface area (Å²) < 4.78 is 0. The number of allylic oxidation sites excluding steroid dienone is 1. The van der Waals surface area contributed by atoms with Crippen LogP contribution in [-0.4, -0.2) is 0 Å². The average molecular weight is 234 g/mol. The SMILES string of the molecule is C=C(C)CCCC[C@H]1CCCc2sccc21. The summed E-state index contributed by atoms with van der Waals surface area (Å²) >= 11 is 1.96. The molecule has 0 unspecified atom stereocenters. The lowest BCUT2D eigenvalue weighted by atomic mass is 9.84. The molecule has 1 heteroatoms. The van der Waals surface area contributed by atoms with Crippen LogP contribution in [0.25, 0.3) is 0 Å². The van der Waals surface area contributed by atoms with Crippen molar-refractivity contribution in [2.45, 2.75) is 57.8 Å². The summed E-state index contributed by atoms with van der Waals surface area (Å²) in [5.41, 5.74) is 3.01. The Kier molecular flexibility index (Phi) is 4.22. The third kappa shape index (κ3) is 2.98. The molecule has 0 nitrogen and oxygen atoms in total. The number of hydrogen-bond donors (Lipinski definition) is 0. The van der Waals surface area contributed by atoms with E-state index in [4.69, 9.17) is 0 Å². The molecule has 0 saturated heterocycles. The predicted molar refractivity (Wildman–Crippen MR) is 73.3 cm³/mol. The van der Waals surface area contributed by atoms with Gasteiger partial charge in [-0.1, -0.05) is 12.0 Å². The van der Waals surface area contributed by atoms with Gasteiger partial charge >= 0.3 is 0 Å². The van der Waals surface area contributed by atoms with E-state index in [0.717, 1.165) is 5.92 Å². The van der Waals surface area contributed by atoms with Crippen molar-refractivity contribution in [1.82, 2.24) is 0 Å². The van der Waals surface area contributed by atoms with Gasteiger partial charge in [0, 0.05) is 4.88 Å².